The Morgan fingerprint density at radius 1 is 1.43 bits per heavy atom. The van der Waals surface area contributed by atoms with E-state index in [1.165, 1.54) is 6.92 Å². The van der Waals surface area contributed by atoms with Crippen LogP contribution in [0.4, 0.5) is 0 Å². The second-order valence-electron chi connectivity index (χ2n) is 5.46. The predicted molar refractivity (Wildman–Crippen MR) is 78.4 cm³/mol. The molecule has 0 unspecified atom stereocenters. The van der Waals surface area contributed by atoms with Gasteiger partial charge in [0, 0.05) is 24.8 Å². The number of nitrogens with one attached hydrogen (secondary N) is 2. The van der Waals surface area contributed by atoms with Gasteiger partial charge in [-0.1, -0.05) is 6.92 Å². The van der Waals surface area contributed by atoms with Gasteiger partial charge in [0.2, 0.25) is 5.91 Å². The van der Waals surface area contributed by atoms with Gasteiger partial charge in [-0.05, 0) is 32.3 Å². The Balaban J connectivity index is 2.26. The highest BCUT2D eigenvalue weighted by Gasteiger charge is 2.31. The van der Waals surface area contributed by atoms with Crippen LogP contribution in [-0.2, 0) is 11.2 Å². The van der Waals surface area contributed by atoms with E-state index in [0.29, 0.717) is 36.3 Å². The van der Waals surface area contributed by atoms with Crippen molar-refractivity contribution < 1.29 is 14.4 Å². The summed E-state index contributed by atoms with van der Waals surface area (Å²) in [5.41, 5.74) is 2.38. The van der Waals surface area contributed by atoms with E-state index < -0.39 is 6.04 Å². The molecule has 1 aliphatic heterocycles. The summed E-state index contributed by atoms with van der Waals surface area (Å²) in [6.45, 7) is 5.82. The highest BCUT2D eigenvalue weighted by Crippen LogP contribution is 2.21. The van der Waals surface area contributed by atoms with Crippen LogP contribution in [-0.4, -0.2) is 47.1 Å². The largest absolute Gasteiger partial charge is 0.354 e. The number of likely N-dealkylation sites (tertiary alicyclic amines) is 1. The van der Waals surface area contributed by atoms with Crippen LogP contribution in [0.15, 0.2) is 0 Å². The van der Waals surface area contributed by atoms with Crippen LogP contribution in [0.3, 0.4) is 0 Å². The number of rotatable bonds is 4. The van der Waals surface area contributed by atoms with Crippen LogP contribution in [0.5, 0.6) is 0 Å². The Morgan fingerprint density at radius 3 is 2.57 bits per heavy atom. The van der Waals surface area contributed by atoms with Gasteiger partial charge >= 0.3 is 0 Å². The average molecular weight is 291 g/mol. The molecular formula is C15H21N3O3. The zero-order valence-corrected chi connectivity index (χ0v) is 12.9. The Hall–Kier alpha value is -2.11. The number of aromatic nitrogens is 1. The van der Waals surface area contributed by atoms with E-state index in [0.717, 1.165) is 5.56 Å². The SMILES string of the molecule is CCc1c(C(=O)N[C@@H]2CCN(C)C2=O)[nH]c(C)c1C(C)=O. The second kappa shape index (κ2) is 5.71. The zero-order valence-electron chi connectivity index (χ0n) is 12.9. The van der Waals surface area contributed by atoms with Crippen molar-refractivity contribution in [2.45, 2.75) is 39.7 Å². The first-order chi connectivity index (χ1) is 9.86. The molecular weight excluding hydrogens is 270 g/mol. The molecule has 6 heteroatoms. The van der Waals surface area contributed by atoms with Crippen molar-refractivity contribution in [1.82, 2.24) is 15.2 Å². The van der Waals surface area contributed by atoms with Gasteiger partial charge in [-0.3, -0.25) is 14.4 Å². The molecule has 0 aliphatic carbocycles. The van der Waals surface area contributed by atoms with Gasteiger partial charge in [0.1, 0.15) is 11.7 Å². The normalized spacial score (nSPS) is 18.2. The van der Waals surface area contributed by atoms with E-state index in [2.05, 4.69) is 10.3 Å². The number of aromatic amines is 1. The second-order valence-corrected chi connectivity index (χ2v) is 5.46. The number of hydrogen-bond donors (Lipinski definition) is 2. The van der Waals surface area contributed by atoms with Crippen molar-refractivity contribution in [3.8, 4) is 0 Å². The average Bonchev–Trinajstić information content (AvgIpc) is 2.92. The van der Waals surface area contributed by atoms with E-state index in [-0.39, 0.29) is 17.6 Å². The van der Waals surface area contributed by atoms with Gasteiger partial charge in [0.15, 0.2) is 5.78 Å². The molecule has 0 aromatic carbocycles. The minimum absolute atomic E-state index is 0.0590. The Morgan fingerprint density at radius 2 is 2.10 bits per heavy atom. The molecule has 6 nitrogen and oxygen atoms in total. The van der Waals surface area contributed by atoms with E-state index in [9.17, 15) is 14.4 Å². The summed E-state index contributed by atoms with van der Waals surface area (Å²) in [4.78, 5) is 40.6. The van der Waals surface area contributed by atoms with E-state index in [1.54, 1.807) is 18.9 Å². The molecule has 1 atom stereocenters. The van der Waals surface area contributed by atoms with Gasteiger partial charge < -0.3 is 15.2 Å². The predicted octanol–water partition coefficient (Wildman–Crippen LogP) is 1.05. The maximum Gasteiger partial charge on any atom is 0.268 e. The fraction of sp³-hybridized carbons (Fsp3) is 0.533. The monoisotopic (exact) mass is 291 g/mol. The minimum atomic E-state index is -0.475. The fourth-order valence-corrected chi connectivity index (χ4v) is 2.89. The lowest BCUT2D eigenvalue weighted by Crippen LogP contribution is -2.41. The first kappa shape index (κ1) is 15.3. The number of Topliss-reactive ketones (excluding diaryl/α,β-unsaturated/α-hetero) is 1. The quantitative estimate of drug-likeness (QED) is 0.813. The molecule has 1 saturated heterocycles. The molecule has 0 radical (unpaired) electrons. The molecule has 0 bridgehead atoms. The van der Waals surface area contributed by atoms with Gasteiger partial charge in [-0.15, -0.1) is 0 Å². The van der Waals surface area contributed by atoms with Crippen molar-refractivity contribution in [2.24, 2.45) is 0 Å². The highest BCUT2D eigenvalue weighted by atomic mass is 16.2. The fourth-order valence-electron chi connectivity index (χ4n) is 2.89. The summed E-state index contributed by atoms with van der Waals surface area (Å²) in [7, 11) is 1.72. The maximum absolute atomic E-state index is 12.4. The van der Waals surface area contributed by atoms with Crippen LogP contribution in [0.25, 0.3) is 0 Å². The molecule has 21 heavy (non-hydrogen) atoms. The number of hydrogen-bond acceptors (Lipinski definition) is 3. The van der Waals surface area contributed by atoms with E-state index in [4.69, 9.17) is 0 Å². The lowest BCUT2D eigenvalue weighted by molar-refractivity contribution is -0.128. The lowest BCUT2D eigenvalue weighted by Gasteiger charge is -2.12. The molecule has 1 aromatic rings. The van der Waals surface area contributed by atoms with Crippen LogP contribution in [0.2, 0.25) is 0 Å². The molecule has 2 rings (SSSR count). The van der Waals surface area contributed by atoms with Crippen LogP contribution < -0.4 is 5.32 Å². The Bertz CT molecular complexity index is 604. The molecule has 0 spiro atoms. The number of nitrogens with zero attached hydrogens (tertiary/aromatic N) is 1. The number of aryl methyl sites for hydroxylation is 1. The number of likely N-dealkylation sites (N-methyl/N-ethyl adjacent to an activating group) is 1. The summed E-state index contributed by atoms with van der Waals surface area (Å²) in [6, 6.07) is -0.475. The first-order valence-electron chi connectivity index (χ1n) is 7.15. The van der Waals surface area contributed by atoms with Crippen molar-refractivity contribution in [3.63, 3.8) is 0 Å². The summed E-state index contributed by atoms with van der Waals surface area (Å²) < 4.78 is 0. The molecule has 1 aromatic heterocycles. The number of carbonyl (C=O) groups excluding carboxylic acids is 3. The van der Waals surface area contributed by atoms with Gasteiger partial charge in [-0.25, -0.2) is 0 Å². The highest BCUT2D eigenvalue weighted by molar-refractivity contribution is 6.03. The molecule has 2 N–H and O–H groups in total. The van der Waals surface area contributed by atoms with Crippen molar-refractivity contribution in [1.29, 1.82) is 0 Å². The van der Waals surface area contributed by atoms with E-state index in [1.807, 2.05) is 6.92 Å². The van der Waals surface area contributed by atoms with Gasteiger partial charge in [0.05, 0.1) is 0 Å². The van der Waals surface area contributed by atoms with Crippen molar-refractivity contribution in [2.75, 3.05) is 13.6 Å². The van der Waals surface area contributed by atoms with Crippen molar-refractivity contribution in [3.05, 3.63) is 22.5 Å². The van der Waals surface area contributed by atoms with Crippen molar-refractivity contribution >= 4 is 17.6 Å². The number of ketones is 1. The third kappa shape index (κ3) is 2.70. The van der Waals surface area contributed by atoms with Crippen LogP contribution in [0.1, 0.15) is 52.4 Å². The molecule has 1 fully saturated rings. The lowest BCUT2D eigenvalue weighted by atomic mass is 10.0. The number of carbonyl (C=O) groups is 3. The third-order valence-corrected chi connectivity index (χ3v) is 3.96. The molecule has 0 saturated carbocycles. The first-order valence-corrected chi connectivity index (χ1v) is 7.15. The zero-order chi connectivity index (χ0) is 15.7. The van der Waals surface area contributed by atoms with Gasteiger partial charge in [-0.2, -0.15) is 0 Å². The Labute approximate surface area is 123 Å². The topological polar surface area (TPSA) is 82.3 Å². The minimum Gasteiger partial charge on any atom is -0.354 e. The summed E-state index contributed by atoms with van der Waals surface area (Å²) in [6.07, 6.45) is 1.20. The number of amides is 2. The maximum atomic E-state index is 12.4. The summed E-state index contributed by atoms with van der Waals surface area (Å²) in [5.74, 6) is -0.455. The standard InChI is InChI=1S/C15H21N3O3/c1-5-10-12(9(3)19)8(2)16-13(10)14(20)17-11-6-7-18(4)15(11)21/h11,16H,5-7H2,1-4H3,(H,17,20)/t11-/m1/s1. The molecule has 114 valence electrons. The van der Waals surface area contributed by atoms with Crippen LogP contribution in [0, 0.1) is 6.92 Å². The molecule has 2 amide bonds. The number of H-pyrrole nitrogens is 1. The molecule has 2 heterocycles. The van der Waals surface area contributed by atoms with Gasteiger partial charge in [0.25, 0.3) is 5.91 Å². The van der Waals surface area contributed by atoms with Crippen LogP contribution >= 0.6 is 0 Å². The van der Waals surface area contributed by atoms with E-state index >= 15 is 0 Å². The Kier molecular flexibility index (Phi) is 4.16. The summed E-state index contributed by atoms with van der Waals surface area (Å²) in [5, 5.41) is 2.76. The summed E-state index contributed by atoms with van der Waals surface area (Å²) >= 11 is 0. The smallest absolute Gasteiger partial charge is 0.268 e. The molecule has 1 aliphatic rings. The third-order valence-electron chi connectivity index (χ3n) is 3.96.